The lowest BCUT2D eigenvalue weighted by Gasteiger charge is -2.24. The highest BCUT2D eigenvalue weighted by Gasteiger charge is 2.27. The van der Waals surface area contributed by atoms with Crippen LogP contribution >= 0.6 is 0 Å². The predicted molar refractivity (Wildman–Crippen MR) is 73.0 cm³/mol. The van der Waals surface area contributed by atoms with Crippen LogP contribution < -0.4 is 4.74 Å². The Bertz CT molecular complexity index is 655. The number of tetrazole rings is 1. The van der Waals surface area contributed by atoms with E-state index in [0.29, 0.717) is 12.4 Å². The van der Waals surface area contributed by atoms with E-state index in [1.807, 2.05) is 24.3 Å². The Morgan fingerprint density at radius 1 is 1.52 bits per heavy atom. The third-order valence-corrected chi connectivity index (χ3v) is 3.67. The molecule has 1 aliphatic heterocycles. The van der Waals surface area contributed by atoms with Gasteiger partial charge in [-0.1, -0.05) is 25.1 Å². The first kappa shape index (κ1) is 13.5. The zero-order chi connectivity index (χ0) is 14.8. The van der Waals surface area contributed by atoms with E-state index in [4.69, 9.17) is 9.84 Å². The standard InChI is InChI=1S/C14H16N4O3/c1-9(14(19)20)7-18-13(15-16-17-18)11-6-10-4-2-3-5-12(10)21-8-11/h2-5,9,11H,6-8H2,1H3,(H,19,20). The number of aliphatic carboxylic acids is 1. The third kappa shape index (κ3) is 2.72. The van der Waals surface area contributed by atoms with E-state index in [1.54, 1.807) is 11.6 Å². The summed E-state index contributed by atoms with van der Waals surface area (Å²) in [7, 11) is 0. The Morgan fingerprint density at radius 2 is 2.33 bits per heavy atom. The fraction of sp³-hybridized carbons (Fsp3) is 0.429. The van der Waals surface area contributed by atoms with Crippen LogP contribution in [0.5, 0.6) is 5.75 Å². The van der Waals surface area contributed by atoms with Crippen molar-refractivity contribution in [3.63, 3.8) is 0 Å². The number of hydrogen-bond acceptors (Lipinski definition) is 5. The summed E-state index contributed by atoms with van der Waals surface area (Å²) in [5, 5.41) is 20.6. The largest absolute Gasteiger partial charge is 0.493 e. The summed E-state index contributed by atoms with van der Waals surface area (Å²) >= 11 is 0. The van der Waals surface area contributed by atoms with Gasteiger partial charge in [-0.2, -0.15) is 0 Å². The van der Waals surface area contributed by atoms with Crippen LogP contribution in [-0.2, 0) is 17.8 Å². The Balaban J connectivity index is 1.80. The molecule has 2 heterocycles. The van der Waals surface area contributed by atoms with Crippen LogP contribution in [0.2, 0.25) is 0 Å². The van der Waals surface area contributed by atoms with E-state index in [0.717, 1.165) is 17.7 Å². The molecular weight excluding hydrogens is 272 g/mol. The van der Waals surface area contributed by atoms with Gasteiger partial charge in [0.15, 0.2) is 5.82 Å². The normalized spacial score (nSPS) is 18.6. The van der Waals surface area contributed by atoms with Gasteiger partial charge in [0.25, 0.3) is 0 Å². The first-order chi connectivity index (χ1) is 10.1. The molecule has 0 fully saturated rings. The minimum absolute atomic E-state index is 0.0379. The molecule has 21 heavy (non-hydrogen) atoms. The van der Waals surface area contributed by atoms with Crippen molar-refractivity contribution in [1.29, 1.82) is 0 Å². The van der Waals surface area contributed by atoms with E-state index in [9.17, 15) is 4.79 Å². The zero-order valence-electron chi connectivity index (χ0n) is 11.6. The minimum atomic E-state index is -0.860. The lowest BCUT2D eigenvalue weighted by molar-refractivity contribution is -0.141. The lowest BCUT2D eigenvalue weighted by Crippen LogP contribution is -2.25. The second-order valence-corrected chi connectivity index (χ2v) is 5.28. The molecule has 0 aliphatic carbocycles. The van der Waals surface area contributed by atoms with E-state index in [-0.39, 0.29) is 12.5 Å². The fourth-order valence-corrected chi connectivity index (χ4v) is 2.47. The summed E-state index contributed by atoms with van der Waals surface area (Å²) in [4.78, 5) is 11.0. The summed E-state index contributed by atoms with van der Waals surface area (Å²) in [5.74, 6) is 0.214. The summed E-state index contributed by atoms with van der Waals surface area (Å²) in [6, 6.07) is 7.88. The number of nitrogens with zero attached hydrogens (tertiary/aromatic N) is 4. The van der Waals surface area contributed by atoms with Gasteiger partial charge in [-0.25, -0.2) is 4.68 Å². The van der Waals surface area contributed by atoms with Crippen molar-refractivity contribution in [3.8, 4) is 5.75 Å². The first-order valence-corrected chi connectivity index (χ1v) is 6.84. The molecule has 2 unspecified atom stereocenters. The monoisotopic (exact) mass is 288 g/mol. The summed E-state index contributed by atoms with van der Waals surface area (Å²) in [5.41, 5.74) is 1.12. The van der Waals surface area contributed by atoms with E-state index in [1.165, 1.54) is 0 Å². The van der Waals surface area contributed by atoms with Gasteiger partial charge in [-0.05, 0) is 28.5 Å². The number of ether oxygens (including phenoxy) is 1. The number of carboxylic acids is 1. The number of rotatable bonds is 4. The molecule has 0 bridgehead atoms. The minimum Gasteiger partial charge on any atom is -0.493 e. The number of hydrogen-bond donors (Lipinski definition) is 1. The van der Waals surface area contributed by atoms with Crippen molar-refractivity contribution in [3.05, 3.63) is 35.7 Å². The Hall–Kier alpha value is -2.44. The molecule has 0 saturated heterocycles. The van der Waals surface area contributed by atoms with Gasteiger partial charge in [0, 0.05) is 0 Å². The number of carbonyl (C=O) groups is 1. The third-order valence-electron chi connectivity index (χ3n) is 3.67. The average molecular weight is 288 g/mol. The molecule has 1 aromatic heterocycles. The Labute approximate surface area is 121 Å². The molecule has 2 atom stereocenters. The summed E-state index contributed by atoms with van der Waals surface area (Å²) in [6.07, 6.45) is 0.790. The smallest absolute Gasteiger partial charge is 0.308 e. The second kappa shape index (κ2) is 5.51. The number of aromatic nitrogens is 4. The Kier molecular flexibility index (Phi) is 3.55. The number of para-hydroxylation sites is 1. The van der Waals surface area contributed by atoms with Crippen molar-refractivity contribution in [2.75, 3.05) is 6.61 Å². The molecule has 7 nitrogen and oxygen atoms in total. The topological polar surface area (TPSA) is 90.1 Å². The highest BCUT2D eigenvalue weighted by Crippen LogP contribution is 2.31. The maximum atomic E-state index is 11.0. The van der Waals surface area contributed by atoms with Gasteiger partial charge in [-0.3, -0.25) is 4.79 Å². The number of benzene rings is 1. The quantitative estimate of drug-likeness (QED) is 0.906. The first-order valence-electron chi connectivity index (χ1n) is 6.84. The van der Waals surface area contributed by atoms with Crippen LogP contribution in [0.1, 0.15) is 24.2 Å². The summed E-state index contributed by atoms with van der Waals surface area (Å²) in [6.45, 7) is 2.40. The second-order valence-electron chi connectivity index (χ2n) is 5.28. The molecule has 3 rings (SSSR count). The van der Waals surface area contributed by atoms with Gasteiger partial charge >= 0.3 is 5.97 Å². The molecule has 1 aromatic carbocycles. The Morgan fingerprint density at radius 3 is 3.14 bits per heavy atom. The molecule has 0 radical (unpaired) electrons. The zero-order valence-corrected chi connectivity index (χ0v) is 11.6. The molecular formula is C14H16N4O3. The van der Waals surface area contributed by atoms with Crippen molar-refractivity contribution in [2.24, 2.45) is 5.92 Å². The molecule has 2 aromatic rings. The highest BCUT2D eigenvalue weighted by atomic mass is 16.5. The van der Waals surface area contributed by atoms with Crippen LogP contribution in [-0.4, -0.2) is 37.9 Å². The number of carboxylic acid groups (broad SMARTS) is 1. The lowest BCUT2D eigenvalue weighted by atomic mass is 9.96. The van der Waals surface area contributed by atoms with E-state index < -0.39 is 11.9 Å². The van der Waals surface area contributed by atoms with E-state index >= 15 is 0 Å². The van der Waals surface area contributed by atoms with E-state index in [2.05, 4.69) is 15.5 Å². The molecule has 7 heteroatoms. The van der Waals surface area contributed by atoms with Crippen LogP contribution in [0.15, 0.2) is 24.3 Å². The number of fused-ring (bicyclic) bond motifs is 1. The SMILES string of the molecule is CC(Cn1nnnc1C1COc2ccccc2C1)C(=O)O. The van der Waals surface area contributed by atoms with Crippen molar-refractivity contribution < 1.29 is 14.6 Å². The summed E-state index contributed by atoms with van der Waals surface area (Å²) < 4.78 is 7.31. The van der Waals surface area contributed by atoms with Gasteiger partial charge in [0.2, 0.25) is 0 Å². The maximum Gasteiger partial charge on any atom is 0.308 e. The van der Waals surface area contributed by atoms with Gasteiger partial charge in [0.1, 0.15) is 5.75 Å². The van der Waals surface area contributed by atoms with Crippen molar-refractivity contribution >= 4 is 5.97 Å². The molecule has 1 aliphatic rings. The van der Waals surface area contributed by atoms with Crippen LogP contribution in [0.4, 0.5) is 0 Å². The van der Waals surface area contributed by atoms with Crippen LogP contribution in [0.25, 0.3) is 0 Å². The van der Waals surface area contributed by atoms with Crippen LogP contribution in [0.3, 0.4) is 0 Å². The van der Waals surface area contributed by atoms with Gasteiger partial charge in [0.05, 0.1) is 25.0 Å². The maximum absolute atomic E-state index is 11.0. The molecule has 110 valence electrons. The predicted octanol–water partition coefficient (Wildman–Crippen LogP) is 1.11. The fourth-order valence-electron chi connectivity index (χ4n) is 2.47. The molecule has 1 N–H and O–H groups in total. The van der Waals surface area contributed by atoms with Crippen molar-refractivity contribution in [2.45, 2.75) is 25.8 Å². The average Bonchev–Trinajstić information content (AvgIpc) is 2.94. The molecule has 0 amide bonds. The van der Waals surface area contributed by atoms with Gasteiger partial charge < -0.3 is 9.84 Å². The molecule has 0 saturated carbocycles. The van der Waals surface area contributed by atoms with Gasteiger partial charge in [-0.15, -0.1) is 5.10 Å². The highest BCUT2D eigenvalue weighted by molar-refractivity contribution is 5.69. The van der Waals surface area contributed by atoms with Crippen molar-refractivity contribution in [1.82, 2.24) is 20.2 Å². The van der Waals surface area contributed by atoms with Crippen LogP contribution in [0, 0.1) is 5.92 Å². The molecule has 0 spiro atoms.